The molecule has 0 aliphatic heterocycles. The minimum atomic E-state index is -4.75. The largest absolute Gasteiger partial charge is 0.573 e. The van der Waals surface area contributed by atoms with Crippen molar-refractivity contribution in [1.29, 1.82) is 0 Å². The van der Waals surface area contributed by atoms with E-state index in [1.165, 1.54) is 18.2 Å². The number of benzene rings is 1. The van der Waals surface area contributed by atoms with Gasteiger partial charge in [0.05, 0.1) is 0 Å². The maximum Gasteiger partial charge on any atom is 0.573 e. The van der Waals surface area contributed by atoms with Gasteiger partial charge in [-0.05, 0) is 31.4 Å². The predicted molar refractivity (Wildman–Crippen MR) is 62.8 cm³/mol. The molecule has 2 rings (SSSR count). The van der Waals surface area contributed by atoms with Crippen LogP contribution in [-0.2, 0) is 0 Å². The summed E-state index contributed by atoms with van der Waals surface area (Å²) in [5.74, 6) is -0.739. The van der Waals surface area contributed by atoms with Crippen molar-refractivity contribution in [3.63, 3.8) is 0 Å². The summed E-state index contributed by atoms with van der Waals surface area (Å²) in [6, 6.07) is 5.17. The molecular weight excluding hydrogens is 259 g/mol. The molecule has 6 heteroatoms. The molecule has 0 aromatic heterocycles. The molecule has 1 aliphatic rings. The van der Waals surface area contributed by atoms with E-state index in [1.807, 2.05) is 0 Å². The summed E-state index contributed by atoms with van der Waals surface area (Å²) in [6.45, 7) is 0. The Hall–Kier alpha value is -1.56. The highest BCUT2D eigenvalue weighted by atomic mass is 19.4. The SMILES string of the molecule is NC1CCC(C(=O)c2cccc(OC(F)(F)F)c2)C1. The van der Waals surface area contributed by atoms with Gasteiger partial charge in [0.1, 0.15) is 5.75 Å². The molecule has 2 unspecified atom stereocenters. The average molecular weight is 273 g/mol. The smallest absolute Gasteiger partial charge is 0.406 e. The highest BCUT2D eigenvalue weighted by molar-refractivity contribution is 5.98. The lowest BCUT2D eigenvalue weighted by molar-refractivity contribution is -0.274. The zero-order valence-electron chi connectivity index (χ0n) is 10.1. The Morgan fingerprint density at radius 3 is 2.63 bits per heavy atom. The summed E-state index contributed by atoms with van der Waals surface area (Å²) in [5, 5.41) is 0. The second-order valence-corrected chi connectivity index (χ2v) is 4.71. The van der Waals surface area contributed by atoms with E-state index in [1.54, 1.807) is 0 Å². The number of hydrogen-bond acceptors (Lipinski definition) is 3. The van der Waals surface area contributed by atoms with E-state index in [-0.39, 0.29) is 29.1 Å². The van der Waals surface area contributed by atoms with Gasteiger partial charge in [-0.25, -0.2) is 0 Å². The molecule has 1 aromatic carbocycles. The molecule has 0 amide bonds. The molecular formula is C13H14F3NO2. The van der Waals surface area contributed by atoms with Gasteiger partial charge in [0.25, 0.3) is 0 Å². The molecule has 0 radical (unpaired) electrons. The van der Waals surface area contributed by atoms with Gasteiger partial charge in [-0.3, -0.25) is 4.79 Å². The van der Waals surface area contributed by atoms with Crippen LogP contribution in [0.25, 0.3) is 0 Å². The third-order valence-corrected chi connectivity index (χ3v) is 3.20. The third-order valence-electron chi connectivity index (χ3n) is 3.20. The van der Waals surface area contributed by atoms with Crippen molar-refractivity contribution in [2.45, 2.75) is 31.7 Å². The number of Topliss-reactive ketones (excluding diaryl/α,β-unsaturated/α-hetero) is 1. The molecule has 19 heavy (non-hydrogen) atoms. The molecule has 3 nitrogen and oxygen atoms in total. The fraction of sp³-hybridized carbons (Fsp3) is 0.462. The van der Waals surface area contributed by atoms with Crippen molar-refractivity contribution < 1.29 is 22.7 Å². The van der Waals surface area contributed by atoms with Crippen LogP contribution >= 0.6 is 0 Å². The molecule has 2 atom stereocenters. The van der Waals surface area contributed by atoms with Gasteiger partial charge in [-0.2, -0.15) is 0 Å². The first kappa shape index (κ1) is 13.9. The zero-order chi connectivity index (χ0) is 14.0. The van der Waals surface area contributed by atoms with Gasteiger partial charge in [-0.1, -0.05) is 12.1 Å². The van der Waals surface area contributed by atoms with Crippen LogP contribution in [0.1, 0.15) is 29.6 Å². The molecule has 0 spiro atoms. The van der Waals surface area contributed by atoms with Crippen LogP contribution in [-0.4, -0.2) is 18.2 Å². The number of halogens is 3. The van der Waals surface area contributed by atoms with Crippen LogP contribution in [0, 0.1) is 5.92 Å². The second-order valence-electron chi connectivity index (χ2n) is 4.71. The van der Waals surface area contributed by atoms with Crippen LogP contribution < -0.4 is 10.5 Å². The Labute approximate surface area is 108 Å². The topological polar surface area (TPSA) is 52.3 Å². The number of nitrogens with two attached hydrogens (primary N) is 1. The fourth-order valence-electron chi connectivity index (χ4n) is 2.34. The number of ketones is 1. The Morgan fingerprint density at radius 1 is 1.32 bits per heavy atom. The first-order valence-corrected chi connectivity index (χ1v) is 6.01. The minimum Gasteiger partial charge on any atom is -0.406 e. The average Bonchev–Trinajstić information content (AvgIpc) is 2.73. The number of alkyl halides is 3. The van der Waals surface area contributed by atoms with E-state index in [2.05, 4.69) is 4.74 Å². The molecule has 1 aliphatic carbocycles. The van der Waals surface area contributed by atoms with Gasteiger partial charge in [0.15, 0.2) is 5.78 Å². The molecule has 0 bridgehead atoms. The van der Waals surface area contributed by atoms with Gasteiger partial charge in [0, 0.05) is 17.5 Å². The number of hydrogen-bond donors (Lipinski definition) is 1. The van der Waals surface area contributed by atoms with Gasteiger partial charge in [0.2, 0.25) is 0 Å². The Morgan fingerprint density at radius 2 is 2.05 bits per heavy atom. The molecule has 2 N–H and O–H groups in total. The summed E-state index contributed by atoms with van der Waals surface area (Å²) in [5.41, 5.74) is 5.97. The van der Waals surface area contributed by atoms with Crippen molar-refractivity contribution in [1.82, 2.24) is 0 Å². The number of rotatable bonds is 3. The van der Waals surface area contributed by atoms with Crippen molar-refractivity contribution in [3.05, 3.63) is 29.8 Å². The van der Waals surface area contributed by atoms with Crippen molar-refractivity contribution in [2.24, 2.45) is 11.7 Å². The van der Waals surface area contributed by atoms with E-state index in [9.17, 15) is 18.0 Å². The first-order valence-electron chi connectivity index (χ1n) is 6.01. The number of carbonyl (C=O) groups excluding carboxylic acids is 1. The Balaban J connectivity index is 2.12. The zero-order valence-corrected chi connectivity index (χ0v) is 10.1. The summed E-state index contributed by atoms with van der Waals surface area (Å²) < 4.78 is 40.1. The molecule has 0 saturated heterocycles. The summed E-state index contributed by atoms with van der Waals surface area (Å²) >= 11 is 0. The lowest BCUT2D eigenvalue weighted by Gasteiger charge is -2.12. The second kappa shape index (κ2) is 5.21. The number of ether oxygens (including phenoxy) is 1. The maximum atomic E-state index is 12.1. The van der Waals surface area contributed by atoms with Crippen LogP contribution in [0.2, 0.25) is 0 Å². The minimum absolute atomic E-state index is 0.00329. The highest BCUT2D eigenvalue weighted by Crippen LogP contribution is 2.29. The molecule has 1 saturated carbocycles. The van der Waals surface area contributed by atoms with Gasteiger partial charge in [-0.15, -0.1) is 13.2 Å². The molecule has 1 aromatic rings. The monoisotopic (exact) mass is 273 g/mol. The normalized spacial score (nSPS) is 23.4. The van der Waals surface area contributed by atoms with E-state index in [0.717, 1.165) is 12.5 Å². The van der Waals surface area contributed by atoms with Gasteiger partial charge >= 0.3 is 6.36 Å². The van der Waals surface area contributed by atoms with E-state index >= 15 is 0 Å². The summed E-state index contributed by atoms with van der Waals surface area (Å²) in [6.07, 6.45) is -2.71. The quantitative estimate of drug-likeness (QED) is 0.861. The first-order chi connectivity index (χ1) is 8.85. The Kier molecular flexibility index (Phi) is 3.80. The maximum absolute atomic E-state index is 12.1. The lowest BCUT2D eigenvalue weighted by Crippen LogP contribution is -2.19. The van der Waals surface area contributed by atoms with Gasteiger partial charge < -0.3 is 10.5 Å². The molecule has 104 valence electrons. The van der Waals surface area contributed by atoms with Crippen LogP contribution in [0.4, 0.5) is 13.2 Å². The van der Waals surface area contributed by atoms with Crippen LogP contribution in [0.5, 0.6) is 5.75 Å². The summed E-state index contributed by atoms with van der Waals surface area (Å²) in [7, 11) is 0. The van der Waals surface area contributed by atoms with E-state index in [0.29, 0.717) is 12.8 Å². The van der Waals surface area contributed by atoms with Crippen molar-refractivity contribution in [3.8, 4) is 5.75 Å². The van der Waals surface area contributed by atoms with Crippen molar-refractivity contribution in [2.75, 3.05) is 0 Å². The Bertz CT molecular complexity index is 473. The summed E-state index contributed by atoms with van der Waals surface area (Å²) in [4.78, 5) is 12.1. The van der Waals surface area contributed by atoms with Crippen LogP contribution in [0.3, 0.4) is 0 Å². The molecule has 0 heterocycles. The predicted octanol–water partition coefficient (Wildman–Crippen LogP) is 2.90. The van der Waals surface area contributed by atoms with Crippen LogP contribution in [0.15, 0.2) is 24.3 Å². The highest BCUT2D eigenvalue weighted by Gasteiger charge is 2.32. The third kappa shape index (κ3) is 3.70. The van der Waals surface area contributed by atoms with E-state index < -0.39 is 6.36 Å². The number of carbonyl (C=O) groups is 1. The van der Waals surface area contributed by atoms with Crippen molar-refractivity contribution >= 4 is 5.78 Å². The van der Waals surface area contributed by atoms with E-state index in [4.69, 9.17) is 5.73 Å². The standard InChI is InChI=1S/C13H14F3NO2/c14-13(15,16)19-11-3-1-2-8(7-11)12(18)9-4-5-10(17)6-9/h1-3,7,9-10H,4-6,17H2. The lowest BCUT2D eigenvalue weighted by atomic mass is 9.96. The molecule has 1 fully saturated rings. The fourth-order valence-corrected chi connectivity index (χ4v) is 2.34.